The molecule has 2 N–H and O–H groups in total. The lowest BCUT2D eigenvalue weighted by atomic mass is 10.3. The summed E-state index contributed by atoms with van der Waals surface area (Å²) in [6.07, 6.45) is 0. The molecule has 1 aromatic carbocycles. The van der Waals surface area contributed by atoms with E-state index in [0.29, 0.717) is 17.5 Å². The molecule has 0 fully saturated rings. The van der Waals surface area contributed by atoms with Crippen LogP contribution < -0.4 is 15.2 Å². The van der Waals surface area contributed by atoms with Crippen LogP contribution in [0.15, 0.2) is 24.3 Å². The second kappa shape index (κ2) is 4.91. The van der Waals surface area contributed by atoms with Gasteiger partial charge in [0.1, 0.15) is 16.5 Å². The summed E-state index contributed by atoms with van der Waals surface area (Å²) in [5.74, 6) is 1.40. The highest BCUT2D eigenvalue weighted by Gasteiger charge is 2.05. The summed E-state index contributed by atoms with van der Waals surface area (Å²) in [7, 11) is 1.61. The van der Waals surface area contributed by atoms with Crippen LogP contribution in [-0.4, -0.2) is 17.3 Å². The highest BCUT2D eigenvalue weighted by Crippen LogP contribution is 2.27. The third kappa shape index (κ3) is 2.47. The molecule has 0 aliphatic carbocycles. The number of ether oxygens (including phenoxy) is 2. The molecule has 6 heteroatoms. The van der Waals surface area contributed by atoms with Crippen molar-refractivity contribution in [2.45, 2.75) is 6.54 Å². The fourth-order valence-corrected chi connectivity index (χ4v) is 1.71. The molecule has 0 radical (unpaired) electrons. The van der Waals surface area contributed by atoms with Crippen molar-refractivity contribution in [3.8, 4) is 16.7 Å². The van der Waals surface area contributed by atoms with E-state index in [1.54, 1.807) is 13.2 Å². The summed E-state index contributed by atoms with van der Waals surface area (Å²) in [5, 5.41) is 8.95. The SMILES string of the molecule is COc1cccc(Oc2nnc(CN)s2)c1. The average molecular weight is 237 g/mol. The van der Waals surface area contributed by atoms with Gasteiger partial charge in [0.25, 0.3) is 5.19 Å². The number of benzene rings is 1. The fourth-order valence-electron chi connectivity index (χ4n) is 1.13. The van der Waals surface area contributed by atoms with Crippen LogP contribution in [-0.2, 0) is 6.54 Å². The van der Waals surface area contributed by atoms with Crippen molar-refractivity contribution >= 4 is 11.3 Å². The zero-order valence-corrected chi connectivity index (χ0v) is 9.53. The van der Waals surface area contributed by atoms with Crippen molar-refractivity contribution < 1.29 is 9.47 Å². The standard InChI is InChI=1S/C10H11N3O2S/c1-14-7-3-2-4-8(5-7)15-10-13-12-9(6-11)16-10/h2-5H,6,11H2,1H3. The van der Waals surface area contributed by atoms with Gasteiger partial charge in [-0.25, -0.2) is 0 Å². The number of nitrogens with zero attached hydrogens (tertiary/aromatic N) is 2. The van der Waals surface area contributed by atoms with E-state index in [0.717, 1.165) is 10.8 Å². The summed E-state index contributed by atoms with van der Waals surface area (Å²) in [4.78, 5) is 0. The molecule has 1 aromatic heterocycles. The predicted molar refractivity (Wildman–Crippen MR) is 60.9 cm³/mol. The average Bonchev–Trinajstić information content (AvgIpc) is 2.77. The third-order valence-electron chi connectivity index (χ3n) is 1.87. The van der Waals surface area contributed by atoms with Crippen LogP contribution >= 0.6 is 11.3 Å². The van der Waals surface area contributed by atoms with E-state index < -0.39 is 0 Å². The summed E-state index contributed by atoms with van der Waals surface area (Å²) < 4.78 is 10.6. The van der Waals surface area contributed by atoms with Crippen molar-refractivity contribution in [3.05, 3.63) is 29.3 Å². The van der Waals surface area contributed by atoms with E-state index in [1.165, 1.54) is 11.3 Å². The predicted octanol–water partition coefficient (Wildman–Crippen LogP) is 1.80. The second-order valence-electron chi connectivity index (χ2n) is 2.95. The molecule has 84 valence electrons. The van der Waals surface area contributed by atoms with Crippen LogP contribution in [0.4, 0.5) is 0 Å². The van der Waals surface area contributed by atoms with Crippen molar-refractivity contribution in [2.24, 2.45) is 5.73 Å². The van der Waals surface area contributed by atoms with Crippen LogP contribution in [0.5, 0.6) is 16.7 Å². The van der Waals surface area contributed by atoms with E-state index in [2.05, 4.69) is 10.2 Å². The number of methoxy groups -OCH3 is 1. The molecular weight excluding hydrogens is 226 g/mol. The molecule has 0 atom stereocenters. The Hall–Kier alpha value is -1.66. The number of nitrogens with two attached hydrogens (primary N) is 1. The monoisotopic (exact) mass is 237 g/mol. The number of rotatable bonds is 4. The van der Waals surface area contributed by atoms with E-state index in [-0.39, 0.29) is 0 Å². The van der Waals surface area contributed by atoms with Crippen LogP contribution in [0.2, 0.25) is 0 Å². The van der Waals surface area contributed by atoms with E-state index in [9.17, 15) is 0 Å². The molecule has 0 saturated heterocycles. The molecule has 16 heavy (non-hydrogen) atoms. The lowest BCUT2D eigenvalue weighted by Crippen LogP contribution is -1.94. The lowest BCUT2D eigenvalue weighted by molar-refractivity contribution is 0.408. The van der Waals surface area contributed by atoms with Gasteiger partial charge in [0.2, 0.25) is 0 Å². The molecule has 0 bridgehead atoms. The zero-order valence-electron chi connectivity index (χ0n) is 8.71. The fraction of sp³-hybridized carbons (Fsp3) is 0.200. The first kappa shape index (κ1) is 10.8. The Morgan fingerprint density at radius 1 is 1.31 bits per heavy atom. The van der Waals surface area contributed by atoms with Gasteiger partial charge in [0, 0.05) is 12.6 Å². The van der Waals surface area contributed by atoms with Crippen LogP contribution in [0.25, 0.3) is 0 Å². The van der Waals surface area contributed by atoms with Crippen molar-refractivity contribution in [1.82, 2.24) is 10.2 Å². The minimum atomic E-state index is 0.374. The van der Waals surface area contributed by atoms with Crippen molar-refractivity contribution in [1.29, 1.82) is 0 Å². The van der Waals surface area contributed by atoms with E-state index in [1.807, 2.05) is 18.2 Å². The first-order valence-corrected chi connectivity index (χ1v) is 5.48. The van der Waals surface area contributed by atoms with Gasteiger partial charge in [-0.1, -0.05) is 22.5 Å². The van der Waals surface area contributed by atoms with Gasteiger partial charge >= 0.3 is 0 Å². The van der Waals surface area contributed by atoms with Gasteiger partial charge in [0.05, 0.1) is 7.11 Å². The molecular formula is C10H11N3O2S. The molecule has 0 spiro atoms. The second-order valence-corrected chi connectivity index (χ2v) is 3.97. The highest BCUT2D eigenvalue weighted by molar-refractivity contribution is 7.13. The van der Waals surface area contributed by atoms with E-state index in [4.69, 9.17) is 15.2 Å². The Labute approximate surface area is 96.8 Å². The largest absolute Gasteiger partial charge is 0.497 e. The van der Waals surface area contributed by atoms with Crippen LogP contribution in [0, 0.1) is 0 Å². The number of aromatic nitrogens is 2. The summed E-state index contributed by atoms with van der Waals surface area (Å²) >= 11 is 1.33. The maximum Gasteiger partial charge on any atom is 0.299 e. The normalized spacial score (nSPS) is 10.1. The maximum absolute atomic E-state index is 5.51. The molecule has 2 aromatic rings. The van der Waals surface area contributed by atoms with Gasteiger partial charge in [-0.05, 0) is 12.1 Å². The molecule has 5 nitrogen and oxygen atoms in total. The zero-order chi connectivity index (χ0) is 11.4. The van der Waals surface area contributed by atoms with Crippen molar-refractivity contribution in [3.63, 3.8) is 0 Å². The first-order chi connectivity index (χ1) is 7.81. The van der Waals surface area contributed by atoms with E-state index >= 15 is 0 Å². The molecule has 0 saturated carbocycles. The number of hydrogen-bond acceptors (Lipinski definition) is 6. The molecule has 0 aliphatic heterocycles. The lowest BCUT2D eigenvalue weighted by Gasteiger charge is -2.03. The van der Waals surface area contributed by atoms with Gasteiger partial charge in [-0.2, -0.15) is 0 Å². The molecule has 2 rings (SSSR count). The number of hydrogen-bond donors (Lipinski definition) is 1. The Morgan fingerprint density at radius 2 is 2.12 bits per heavy atom. The van der Waals surface area contributed by atoms with Crippen molar-refractivity contribution in [2.75, 3.05) is 7.11 Å². The van der Waals surface area contributed by atoms with Gasteiger partial charge < -0.3 is 15.2 Å². The maximum atomic E-state index is 5.51. The molecule has 0 unspecified atom stereocenters. The Kier molecular flexibility index (Phi) is 3.33. The molecule has 0 aliphatic rings. The third-order valence-corrected chi connectivity index (χ3v) is 2.69. The summed E-state index contributed by atoms with van der Waals surface area (Å²) in [5.41, 5.74) is 5.43. The van der Waals surface area contributed by atoms with Gasteiger partial charge in [0.15, 0.2) is 0 Å². The van der Waals surface area contributed by atoms with Crippen LogP contribution in [0.3, 0.4) is 0 Å². The van der Waals surface area contributed by atoms with Gasteiger partial charge in [-0.15, -0.1) is 5.10 Å². The topological polar surface area (TPSA) is 70.3 Å². The Bertz CT molecular complexity index is 473. The Balaban J connectivity index is 2.13. The molecule has 1 heterocycles. The quantitative estimate of drug-likeness (QED) is 0.878. The van der Waals surface area contributed by atoms with Gasteiger partial charge in [-0.3, -0.25) is 0 Å². The minimum Gasteiger partial charge on any atom is -0.497 e. The smallest absolute Gasteiger partial charge is 0.299 e. The minimum absolute atomic E-state index is 0.374. The molecule has 0 amide bonds. The summed E-state index contributed by atoms with van der Waals surface area (Å²) in [6.45, 7) is 0.374. The Morgan fingerprint density at radius 3 is 2.81 bits per heavy atom. The first-order valence-electron chi connectivity index (χ1n) is 4.66. The summed E-state index contributed by atoms with van der Waals surface area (Å²) in [6, 6.07) is 7.30. The van der Waals surface area contributed by atoms with Crippen LogP contribution in [0.1, 0.15) is 5.01 Å². The highest BCUT2D eigenvalue weighted by atomic mass is 32.1.